The zero-order valence-corrected chi connectivity index (χ0v) is 22.5. The third-order valence-corrected chi connectivity index (χ3v) is 9.99. The van der Waals surface area contributed by atoms with E-state index in [1.807, 2.05) is 7.11 Å². The van der Waals surface area contributed by atoms with Gasteiger partial charge in [-0.25, -0.2) is 0 Å². The molecule has 194 valence electrons. The van der Waals surface area contributed by atoms with Gasteiger partial charge in [-0.3, -0.25) is 4.79 Å². The molecule has 5 heterocycles. The van der Waals surface area contributed by atoms with Gasteiger partial charge in [-0.15, -0.1) is 0 Å². The minimum Gasteiger partial charge on any atom is -0.376 e. The smallest absolute Gasteiger partial charge is 0.252 e. The van der Waals surface area contributed by atoms with Crippen LogP contribution in [0.2, 0.25) is 0 Å². The summed E-state index contributed by atoms with van der Waals surface area (Å²) in [5, 5.41) is 7.63. The van der Waals surface area contributed by atoms with E-state index < -0.39 is 5.72 Å². The highest BCUT2D eigenvalue weighted by Gasteiger charge is 2.54. The number of aromatic nitrogens is 2. The lowest BCUT2D eigenvalue weighted by atomic mass is 9.74. The molecule has 38 heavy (non-hydrogen) atoms. The van der Waals surface area contributed by atoms with Crippen molar-refractivity contribution in [3.05, 3.63) is 59.7 Å². The highest BCUT2D eigenvalue weighted by atomic mass is 16.6. The molecule has 0 spiro atoms. The van der Waals surface area contributed by atoms with Gasteiger partial charge < -0.3 is 23.9 Å². The van der Waals surface area contributed by atoms with Crippen molar-refractivity contribution in [1.82, 2.24) is 14.5 Å². The lowest BCUT2D eigenvalue weighted by Crippen LogP contribution is -2.55. The first-order chi connectivity index (χ1) is 18.4. The van der Waals surface area contributed by atoms with Crippen molar-refractivity contribution >= 4 is 49.5 Å². The van der Waals surface area contributed by atoms with Gasteiger partial charge in [-0.2, -0.15) is 0 Å². The number of ether oxygens (including phenoxy) is 2. The number of nitrogens with zero attached hydrogens (tertiary/aromatic N) is 2. The summed E-state index contributed by atoms with van der Waals surface area (Å²) in [6, 6.07) is 17.1. The zero-order chi connectivity index (χ0) is 26.1. The second-order valence-corrected chi connectivity index (χ2v) is 12.0. The van der Waals surface area contributed by atoms with E-state index >= 15 is 0 Å². The first-order valence-electron chi connectivity index (χ1n) is 13.9. The van der Waals surface area contributed by atoms with Crippen LogP contribution in [0, 0.1) is 17.8 Å². The quantitative estimate of drug-likeness (QED) is 0.297. The van der Waals surface area contributed by atoms with Crippen molar-refractivity contribution in [3.8, 4) is 0 Å². The zero-order valence-electron chi connectivity index (χ0n) is 22.5. The Bertz CT molecular complexity index is 1830. The number of methoxy groups -OCH3 is 1. The van der Waals surface area contributed by atoms with Crippen molar-refractivity contribution < 1.29 is 14.3 Å². The summed E-state index contributed by atoms with van der Waals surface area (Å²) in [5.74, 6) is 1.26. The summed E-state index contributed by atoms with van der Waals surface area (Å²) in [4.78, 5) is 13.5. The molecule has 1 N–H and O–H groups in total. The van der Waals surface area contributed by atoms with Crippen LogP contribution in [0.5, 0.6) is 0 Å². The molecule has 5 atom stereocenters. The van der Waals surface area contributed by atoms with Crippen molar-refractivity contribution in [2.75, 3.05) is 7.11 Å². The molecule has 2 aromatic heterocycles. The monoisotopic (exact) mass is 507 g/mol. The number of carbonyl (C=O) groups excluding carboxylic acids is 1. The molecule has 1 amide bonds. The van der Waals surface area contributed by atoms with Crippen LogP contribution < -0.4 is 5.32 Å². The molecule has 0 radical (unpaired) electrons. The van der Waals surface area contributed by atoms with Crippen molar-refractivity contribution in [2.45, 2.75) is 58.7 Å². The Hall–Kier alpha value is -3.35. The van der Waals surface area contributed by atoms with E-state index in [0.29, 0.717) is 24.3 Å². The lowest BCUT2D eigenvalue weighted by molar-refractivity contribution is -0.274. The maximum absolute atomic E-state index is 13.5. The minimum atomic E-state index is -0.732. The Morgan fingerprint density at radius 1 is 1.00 bits per heavy atom. The summed E-state index contributed by atoms with van der Waals surface area (Å²) in [6.07, 6.45) is 0.549. The molecule has 0 saturated carbocycles. The number of rotatable bonds is 3. The first kappa shape index (κ1) is 22.6. The maximum atomic E-state index is 13.5. The van der Waals surface area contributed by atoms with Gasteiger partial charge in [0.15, 0.2) is 5.72 Å². The van der Waals surface area contributed by atoms with Crippen molar-refractivity contribution in [3.63, 3.8) is 0 Å². The molecule has 8 rings (SSSR count). The van der Waals surface area contributed by atoms with E-state index in [1.54, 1.807) is 0 Å². The van der Waals surface area contributed by atoms with E-state index in [-0.39, 0.29) is 18.2 Å². The topological polar surface area (TPSA) is 57.4 Å². The van der Waals surface area contributed by atoms with Gasteiger partial charge in [0.1, 0.15) is 12.3 Å². The second kappa shape index (κ2) is 7.39. The fraction of sp³-hybridized carbons (Fsp3) is 0.406. The first-order valence-corrected chi connectivity index (χ1v) is 13.9. The van der Waals surface area contributed by atoms with Gasteiger partial charge in [0.05, 0.1) is 27.6 Å². The lowest BCUT2D eigenvalue weighted by Gasteiger charge is -2.50. The molecule has 1 unspecified atom stereocenters. The molecule has 0 aliphatic carbocycles. The van der Waals surface area contributed by atoms with Gasteiger partial charge in [0, 0.05) is 35.2 Å². The van der Waals surface area contributed by atoms with E-state index in [1.165, 1.54) is 0 Å². The largest absolute Gasteiger partial charge is 0.376 e. The normalized spacial score (nSPS) is 27.1. The highest BCUT2D eigenvalue weighted by molar-refractivity contribution is 6.31. The number of para-hydroxylation sites is 2. The van der Waals surface area contributed by atoms with Crippen LogP contribution in [-0.2, 0) is 21.7 Å². The fourth-order valence-electron chi connectivity index (χ4n) is 8.10. The van der Waals surface area contributed by atoms with E-state index in [4.69, 9.17) is 9.47 Å². The van der Waals surface area contributed by atoms with Crippen LogP contribution in [0.1, 0.15) is 56.3 Å². The van der Waals surface area contributed by atoms with Crippen LogP contribution >= 0.6 is 0 Å². The van der Waals surface area contributed by atoms with E-state index in [9.17, 15) is 4.79 Å². The fourth-order valence-corrected chi connectivity index (χ4v) is 8.10. The number of nitrogens with one attached hydrogen (secondary N) is 1. The van der Waals surface area contributed by atoms with Gasteiger partial charge >= 0.3 is 0 Å². The molecular formula is C32H33N3O3. The Morgan fingerprint density at radius 2 is 1.68 bits per heavy atom. The second-order valence-electron chi connectivity index (χ2n) is 12.0. The molecule has 3 aromatic carbocycles. The molecule has 2 bridgehead atoms. The Morgan fingerprint density at radius 3 is 2.39 bits per heavy atom. The number of hydrogen-bond acceptors (Lipinski definition) is 3. The van der Waals surface area contributed by atoms with E-state index in [2.05, 4.69) is 90.7 Å². The number of benzene rings is 3. The summed E-state index contributed by atoms with van der Waals surface area (Å²) in [7, 11) is 1.84. The number of hydrogen-bond donors (Lipinski definition) is 1. The molecule has 5 aromatic rings. The van der Waals surface area contributed by atoms with Crippen molar-refractivity contribution in [2.24, 2.45) is 17.8 Å². The number of carbonyl (C=O) groups is 1. The number of amides is 1. The molecule has 1 fully saturated rings. The maximum Gasteiger partial charge on any atom is 0.252 e. The molecule has 6 nitrogen and oxygen atoms in total. The summed E-state index contributed by atoms with van der Waals surface area (Å²) >= 11 is 0. The van der Waals surface area contributed by atoms with Gasteiger partial charge in [0.25, 0.3) is 5.91 Å². The Balaban J connectivity index is 1.65. The van der Waals surface area contributed by atoms with Gasteiger partial charge in [0.2, 0.25) is 0 Å². The molecule has 1 saturated heterocycles. The number of fused-ring (bicyclic) bond motifs is 13. The molecule has 3 aliphatic heterocycles. The Labute approximate surface area is 221 Å². The van der Waals surface area contributed by atoms with Crippen molar-refractivity contribution in [1.29, 1.82) is 0 Å². The predicted molar refractivity (Wildman–Crippen MR) is 150 cm³/mol. The predicted octanol–water partition coefficient (Wildman–Crippen LogP) is 6.67. The molecule has 6 heteroatoms. The average Bonchev–Trinajstić information content (AvgIpc) is 3.55. The minimum absolute atomic E-state index is 0.0158. The molecular weight excluding hydrogens is 474 g/mol. The van der Waals surface area contributed by atoms with Crippen LogP contribution in [0.4, 0.5) is 0 Å². The van der Waals surface area contributed by atoms with Gasteiger partial charge in [-0.05, 0) is 48.8 Å². The molecule has 3 aliphatic rings. The average molecular weight is 508 g/mol. The van der Waals surface area contributed by atoms with Crippen LogP contribution in [0.25, 0.3) is 43.6 Å². The summed E-state index contributed by atoms with van der Waals surface area (Å²) < 4.78 is 18.5. The summed E-state index contributed by atoms with van der Waals surface area (Å²) in [5.41, 5.74) is 5.68. The van der Waals surface area contributed by atoms with Gasteiger partial charge in [-0.1, -0.05) is 57.2 Å². The van der Waals surface area contributed by atoms with E-state index in [0.717, 1.165) is 61.2 Å². The summed E-state index contributed by atoms with van der Waals surface area (Å²) in [6.45, 7) is 9.74. The van der Waals surface area contributed by atoms with Crippen LogP contribution in [0.3, 0.4) is 0 Å². The standard InChI is InChI=1S/C32H33N3O3/c1-16(2)17(3)20-14-24-34-22-12-8-6-10-18(22)26-27-21(15-33-31(27)36)25-19-11-7-9-13-23(19)35(29(25)28(26)34)32(4,38-24)30(20)37-5/h6-13,16-17,20,24,30H,14-15H2,1-5H3,(H,33,36)/t17?,20-,24+,30+,32-/m0/s1. The highest BCUT2D eigenvalue weighted by Crippen LogP contribution is 2.56. The van der Waals surface area contributed by atoms with Crippen LogP contribution in [-0.4, -0.2) is 28.3 Å². The SMILES string of the molecule is CO[C@@H]1[C@H](C(C)C(C)C)C[C@H]2O[C@]1(C)n1c3ccccc3c3c4c(c5c6ccccc6n2c5c31)C(=O)NC4. The Kier molecular flexibility index (Phi) is 4.40. The van der Waals surface area contributed by atoms with Crippen LogP contribution in [0.15, 0.2) is 48.5 Å². The third-order valence-electron chi connectivity index (χ3n) is 9.99. The third kappa shape index (κ3) is 2.49.